The Bertz CT molecular complexity index is 566. The minimum Gasteiger partial charge on any atom is -0.205 e. The molecule has 2 fully saturated rings. The van der Waals surface area contributed by atoms with Crippen LogP contribution in [0.3, 0.4) is 0 Å². The molecule has 0 amide bonds. The lowest BCUT2D eigenvalue weighted by molar-refractivity contribution is 0.141. The highest BCUT2D eigenvalue weighted by molar-refractivity contribution is 6.30. The van der Waals surface area contributed by atoms with Gasteiger partial charge in [-0.25, -0.2) is 4.39 Å². The molecule has 0 aromatic heterocycles. The Hall–Kier alpha value is -0.820. The highest BCUT2D eigenvalue weighted by atomic mass is 35.5. The molecule has 2 saturated carbocycles. The van der Waals surface area contributed by atoms with Gasteiger partial charge in [-0.2, -0.15) is 0 Å². The number of hydrogen-bond donors (Lipinski definition) is 0. The van der Waals surface area contributed by atoms with Gasteiger partial charge in [-0.15, -0.1) is 6.58 Å². The summed E-state index contributed by atoms with van der Waals surface area (Å²) in [5.41, 5.74) is 1.09. The lowest BCUT2D eigenvalue weighted by Gasteiger charge is -2.38. The Morgan fingerprint density at radius 2 is 1.50 bits per heavy atom. The van der Waals surface area contributed by atoms with E-state index in [1.54, 1.807) is 12.1 Å². The van der Waals surface area contributed by atoms with Crippen molar-refractivity contribution in [1.82, 2.24) is 0 Å². The molecule has 2 aliphatic carbocycles. The average molecular weight is 377 g/mol. The quantitative estimate of drug-likeness (QED) is 0.423. The Kier molecular flexibility index (Phi) is 7.61. The smallest absolute Gasteiger partial charge is 0.142 e. The summed E-state index contributed by atoms with van der Waals surface area (Å²) in [6.07, 6.45) is 18.2. The number of hydrogen-bond acceptors (Lipinski definition) is 0. The molecule has 0 atom stereocenters. The van der Waals surface area contributed by atoms with Gasteiger partial charge in [-0.1, -0.05) is 49.4 Å². The monoisotopic (exact) mass is 376 g/mol. The molecule has 0 heterocycles. The van der Waals surface area contributed by atoms with Crippen molar-refractivity contribution >= 4 is 11.6 Å². The maximum atomic E-state index is 13.6. The van der Waals surface area contributed by atoms with Crippen molar-refractivity contribution < 1.29 is 4.39 Å². The van der Waals surface area contributed by atoms with Gasteiger partial charge in [0.1, 0.15) is 5.82 Å². The molecule has 1 aromatic rings. The van der Waals surface area contributed by atoms with E-state index in [2.05, 4.69) is 12.7 Å². The van der Waals surface area contributed by atoms with Crippen molar-refractivity contribution in [2.45, 2.75) is 77.0 Å². The zero-order valence-electron chi connectivity index (χ0n) is 16.1. The highest BCUT2D eigenvalue weighted by Gasteiger charge is 2.30. The van der Waals surface area contributed by atoms with Gasteiger partial charge in [-0.05, 0) is 92.7 Å². The van der Waals surface area contributed by atoms with Gasteiger partial charge in [0.05, 0.1) is 5.02 Å². The van der Waals surface area contributed by atoms with Crippen LogP contribution < -0.4 is 0 Å². The normalized spacial score (nSPS) is 29.5. The van der Waals surface area contributed by atoms with Gasteiger partial charge in [-0.3, -0.25) is 0 Å². The van der Waals surface area contributed by atoms with E-state index in [1.165, 1.54) is 70.6 Å². The molecule has 0 spiro atoms. The zero-order chi connectivity index (χ0) is 18.4. The molecule has 0 bridgehead atoms. The van der Waals surface area contributed by atoms with Crippen molar-refractivity contribution in [1.29, 1.82) is 0 Å². The lowest BCUT2D eigenvalue weighted by Crippen LogP contribution is -2.26. The molecule has 1 aromatic carbocycles. The summed E-state index contributed by atoms with van der Waals surface area (Å²) in [5, 5.41) is 0.230. The van der Waals surface area contributed by atoms with Gasteiger partial charge in [0.25, 0.3) is 0 Å². The minimum atomic E-state index is -0.281. The molecule has 0 saturated heterocycles. The van der Waals surface area contributed by atoms with Crippen LogP contribution in [0.25, 0.3) is 0 Å². The van der Waals surface area contributed by atoms with Crippen molar-refractivity contribution in [3.63, 3.8) is 0 Å². The van der Waals surface area contributed by atoms with Gasteiger partial charge in [0.15, 0.2) is 0 Å². The first-order valence-electron chi connectivity index (χ1n) is 10.7. The van der Waals surface area contributed by atoms with Gasteiger partial charge < -0.3 is 0 Å². The molecule has 3 rings (SSSR count). The van der Waals surface area contributed by atoms with Crippen LogP contribution in [0, 0.1) is 29.5 Å². The largest absolute Gasteiger partial charge is 0.205 e. The summed E-state index contributed by atoms with van der Waals surface area (Å²) in [5.74, 6) is 3.46. The van der Waals surface area contributed by atoms with Crippen LogP contribution in [0.1, 0.15) is 76.2 Å². The van der Waals surface area contributed by atoms with E-state index < -0.39 is 0 Å². The summed E-state index contributed by atoms with van der Waals surface area (Å²) in [6.45, 7) is 3.86. The summed E-state index contributed by atoms with van der Waals surface area (Å²) < 4.78 is 13.6. The second-order valence-corrected chi connectivity index (χ2v) is 9.12. The molecular weight excluding hydrogens is 343 g/mol. The maximum absolute atomic E-state index is 13.6. The van der Waals surface area contributed by atoms with Crippen LogP contribution in [0.2, 0.25) is 5.02 Å². The van der Waals surface area contributed by atoms with E-state index in [1.807, 2.05) is 6.07 Å². The summed E-state index contributed by atoms with van der Waals surface area (Å²) in [7, 11) is 0. The SMILES string of the molecule is C=CCC[C@H]1CC[C@H](C2CCC(CCc3ccc(Cl)c(F)c3)CC2)CC1. The van der Waals surface area contributed by atoms with Gasteiger partial charge in [0, 0.05) is 0 Å². The Morgan fingerprint density at radius 3 is 2.04 bits per heavy atom. The molecule has 2 aliphatic rings. The molecule has 26 heavy (non-hydrogen) atoms. The van der Waals surface area contributed by atoms with E-state index >= 15 is 0 Å². The predicted octanol–water partition coefficient (Wildman–Crippen LogP) is 7.99. The topological polar surface area (TPSA) is 0 Å². The third-order valence-electron chi connectivity index (χ3n) is 7.05. The zero-order valence-corrected chi connectivity index (χ0v) is 16.8. The molecule has 0 unspecified atom stereocenters. The standard InChI is InChI=1S/C24H34ClF/c1-2-3-4-18-7-12-21(13-8-18)22-14-9-19(10-15-22)5-6-20-11-16-23(25)24(26)17-20/h2,11,16-19,21-22H,1,3-10,12-15H2/t18-,19?,21-,22?. The highest BCUT2D eigenvalue weighted by Crippen LogP contribution is 2.43. The third kappa shape index (κ3) is 5.59. The fraction of sp³-hybridized carbons (Fsp3) is 0.667. The average Bonchev–Trinajstić information content (AvgIpc) is 2.68. The number of allylic oxidation sites excluding steroid dienone is 1. The molecule has 144 valence electrons. The predicted molar refractivity (Wildman–Crippen MR) is 110 cm³/mol. The number of halogens is 2. The number of rotatable bonds is 7. The Morgan fingerprint density at radius 1 is 0.923 bits per heavy atom. The molecule has 0 N–H and O–H groups in total. The van der Waals surface area contributed by atoms with Crippen LogP contribution in [-0.4, -0.2) is 0 Å². The van der Waals surface area contributed by atoms with E-state index in [0.29, 0.717) is 0 Å². The fourth-order valence-electron chi connectivity index (χ4n) is 5.32. The van der Waals surface area contributed by atoms with Crippen molar-refractivity contribution in [3.8, 4) is 0 Å². The summed E-state index contributed by atoms with van der Waals surface area (Å²) in [6, 6.07) is 5.27. The second kappa shape index (κ2) is 9.93. The van der Waals surface area contributed by atoms with Crippen LogP contribution in [0.4, 0.5) is 4.39 Å². The minimum absolute atomic E-state index is 0.230. The summed E-state index contributed by atoms with van der Waals surface area (Å²) >= 11 is 5.77. The second-order valence-electron chi connectivity index (χ2n) is 8.71. The fourth-order valence-corrected chi connectivity index (χ4v) is 5.43. The first kappa shape index (κ1) is 19.9. The molecule has 0 nitrogen and oxygen atoms in total. The molecule has 2 heteroatoms. The summed E-state index contributed by atoms with van der Waals surface area (Å²) in [4.78, 5) is 0. The van der Waals surface area contributed by atoms with Crippen molar-refractivity contribution in [2.75, 3.05) is 0 Å². The molecular formula is C24H34ClF. The first-order valence-corrected chi connectivity index (χ1v) is 11.1. The lowest BCUT2D eigenvalue weighted by atomic mass is 9.68. The van der Waals surface area contributed by atoms with E-state index in [-0.39, 0.29) is 10.8 Å². The third-order valence-corrected chi connectivity index (χ3v) is 7.36. The number of benzene rings is 1. The van der Waals surface area contributed by atoms with E-state index in [0.717, 1.165) is 35.7 Å². The number of aryl methyl sites for hydroxylation is 1. The Labute approximate surface area is 164 Å². The van der Waals surface area contributed by atoms with Gasteiger partial charge >= 0.3 is 0 Å². The maximum Gasteiger partial charge on any atom is 0.142 e. The molecule has 0 radical (unpaired) electrons. The van der Waals surface area contributed by atoms with E-state index in [4.69, 9.17) is 11.6 Å². The van der Waals surface area contributed by atoms with Crippen LogP contribution >= 0.6 is 11.6 Å². The van der Waals surface area contributed by atoms with Crippen LogP contribution in [0.15, 0.2) is 30.9 Å². The van der Waals surface area contributed by atoms with Crippen LogP contribution in [0.5, 0.6) is 0 Å². The van der Waals surface area contributed by atoms with Gasteiger partial charge in [0.2, 0.25) is 0 Å². The van der Waals surface area contributed by atoms with Crippen molar-refractivity contribution in [2.24, 2.45) is 23.7 Å². The van der Waals surface area contributed by atoms with Crippen LogP contribution in [-0.2, 0) is 6.42 Å². The van der Waals surface area contributed by atoms with E-state index in [9.17, 15) is 4.39 Å². The van der Waals surface area contributed by atoms with Crippen molar-refractivity contribution in [3.05, 3.63) is 47.3 Å². The first-order chi connectivity index (χ1) is 12.7. The Balaban J connectivity index is 1.36. The molecule has 0 aliphatic heterocycles.